The van der Waals surface area contributed by atoms with E-state index in [0.717, 1.165) is 29.4 Å². The molecular formula is C25H27ClF4N8O. The van der Waals surface area contributed by atoms with Gasteiger partial charge in [0.25, 0.3) is 0 Å². The summed E-state index contributed by atoms with van der Waals surface area (Å²) in [5.74, 6) is -0.546. The molecule has 0 amide bonds. The summed E-state index contributed by atoms with van der Waals surface area (Å²) < 4.78 is 61.3. The van der Waals surface area contributed by atoms with E-state index in [0.29, 0.717) is 17.1 Å². The third kappa shape index (κ3) is 6.42. The smallest absolute Gasteiger partial charge is 0.406 e. The highest BCUT2D eigenvalue weighted by Gasteiger charge is 2.31. The molecule has 14 heteroatoms. The molecule has 4 rings (SSSR count). The number of ether oxygens (including phenoxy) is 1. The van der Waals surface area contributed by atoms with E-state index in [1.165, 1.54) is 25.4 Å². The molecule has 2 heterocycles. The SMILES string of the molecule is COc1cc(N(C)CCN(C)C)c(N)cc1Nc1nccc(-c2nc3c(F)cc(Cl)cc3n2CC(F)(F)F)n1. The lowest BCUT2D eigenvalue weighted by Gasteiger charge is -2.24. The maximum absolute atomic E-state index is 14.5. The molecule has 0 spiro atoms. The fourth-order valence-corrected chi connectivity index (χ4v) is 4.20. The molecule has 9 nitrogen and oxygen atoms in total. The minimum absolute atomic E-state index is 0.0375. The molecule has 0 aliphatic rings. The molecular weight excluding hydrogens is 540 g/mol. The van der Waals surface area contributed by atoms with Gasteiger partial charge in [0.15, 0.2) is 11.6 Å². The molecule has 0 aliphatic carbocycles. The molecule has 0 radical (unpaired) electrons. The van der Waals surface area contributed by atoms with Crippen LogP contribution in [0.25, 0.3) is 22.6 Å². The van der Waals surface area contributed by atoms with E-state index < -0.39 is 18.5 Å². The van der Waals surface area contributed by atoms with E-state index >= 15 is 0 Å². The molecule has 39 heavy (non-hydrogen) atoms. The molecule has 0 atom stereocenters. The molecule has 208 valence electrons. The van der Waals surface area contributed by atoms with Gasteiger partial charge in [-0.25, -0.2) is 19.3 Å². The first-order chi connectivity index (χ1) is 18.4. The zero-order valence-corrected chi connectivity index (χ0v) is 22.4. The number of nitrogens with one attached hydrogen (secondary N) is 1. The Labute approximate surface area is 227 Å². The Morgan fingerprint density at radius 2 is 1.85 bits per heavy atom. The maximum atomic E-state index is 14.5. The normalized spacial score (nSPS) is 11.8. The van der Waals surface area contributed by atoms with Crippen molar-refractivity contribution in [2.24, 2.45) is 0 Å². The lowest BCUT2D eigenvalue weighted by molar-refractivity contribution is -0.139. The predicted octanol–water partition coefficient (Wildman–Crippen LogP) is 5.18. The largest absolute Gasteiger partial charge is 0.494 e. The van der Waals surface area contributed by atoms with Crippen LogP contribution in [0.5, 0.6) is 5.75 Å². The van der Waals surface area contributed by atoms with Gasteiger partial charge >= 0.3 is 6.18 Å². The number of fused-ring (bicyclic) bond motifs is 1. The molecule has 0 bridgehead atoms. The van der Waals surface area contributed by atoms with Gasteiger partial charge in [0.2, 0.25) is 5.95 Å². The van der Waals surface area contributed by atoms with Crippen LogP contribution in [0.2, 0.25) is 5.02 Å². The van der Waals surface area contributed by atoms with Crippen molar-refractivity contribution in [2.45, 2.75) is 12.7 Å². The fourth-order valence-electron chi connectivity index (χ4n) is 4.00. The van der Waals surface area contributed by atoms with Crippen molar-refractivity contribution in [2.75, 3.05) is 57.3 Å². The highest BCUT2D eigenvalue weighted by atomic mass is 35.5. The molecule has 0 aliphatic heterocycles. The Morgan fingerprint density at radius 3 is 2.51 bits per heavy atom. The van der Waals surface area contributed by atoms with Gasteiger partial charge in [0, 0.05) is 37.4 Å². The number of likely N-dealkylation sites (N-methyl/N-ethyl adjacent to an activating group) is 2. The summed E-state index contributed by atoms with van der Waals surface area (Å²) >= 11 is 5.92. The van der Waals surface area contributed by atoms with Crippen LogP contribution >= 0.6 is 11.6 Å². The summed E-state index contributed by atoms with van der Waals surface area (Å²) in [6.07, 6.45) is -3.26. The number of hydrogen-bond donors (Lipinski definition) is 2. The van der Waals surface area contributed by atoms with Crippen molar-refractivity contribution >= 4 is 45.6 Å². The molecule has 0 saturated carbocycles. The van der Waals surface area contributed by atoms with Gasteiger partial charge in [0.05, 0.1) is 29.7 Å². The summed E-state index contributed by atoms with van der Waals surface area (Å²) in [5, 5.41) is 2.95. The third-order valence-electron chi connectivity index (χ3n) is 5.88. The van der Waals surface area contributed by atoms with Crippen LogP contribution in [0.3, 0.4) is 0 Å². The fraction of sp³-hybridized carbons (Fsp3) is 0.320. The number of anilines is 4. The first-order valence-corrected chi connectivity index (χ1v) is 12.1. The molecule has 4 aromatic rings. The highest BCUT2D eigenvalue weighted by molar-refractivity contribution is 6.31. The topological polar surface area (TPSA) is 97.4 Å². The first kappa shape index (κ1) is 28.2. The Kier molecular flexibility index (Phi) is 8.02. The van der Waals surface area contributed by atoms with Crippen molar-refractivity contribution in [1.29, 1.82) is 0 Å². The molecule has 0 saturated heterocycles. The zero-order valence-electron chi connectivity index (χ0n) is 21.6. The average Bonchev–Trinajstić information content (AvgIpc) is 3.20. The standard InChI is InChI=1S/C25H27ClF4N8O/c1-36(2)7-8-37(3)19-12-21(39-4)18(11-16(19)31)34-24-32-6-5-17(33-24)23-35-22-15(27)9-14(26)10-20(22)38(23)13-25(28,29)30/h5-6,9-12H,7-8,13,31H2,1-4H3,(H,32,33,34). The van der Waals surface area contributed by atoms with E-state index in [-0.39, 0.29) is 33.5 Å². The zero-order chi connectivity index (χ0) is 28.5. The van der Waals surface area contributed by atoms with Crippen molar-refractivity contribution in [3.8, 4) is 17.3 Å². The van der Waals surface area contributed by atoms with Crippen molar-refractivity contribution in [1.82, 2.24) is 24.4 Å². The summed E-state index contributed by atoms with van der Waals surface area (Å²) in [6, 6.07) is 7.03. The Bertz CT molecular complexity index is 1490. The second-order valence-corrected chi connectivity index (χ2v) is 9.56. The number of nitrogens with zero attached hydrogens (tertiary/aromatic N) is 6. The number of aromatic nitrogens is 4. The first-order valence-electron chi connectivity index (χ1n) is 11.7. The third-order valence-corrected chi connectivity index (χ3v) is 6.10. The number of halogens is 5. The number of hydrogen-bond acceptors (Lipinski definition) is 8. The number of nitrogen functional groups attached to an aromatic ring is 1. The van der Waals surface area contributed by atoms with Crippen molar-refractivity contribution in [3.63, 3.8) is 0 Å². The van der Waals surface area contributed by atoms with Gasteiger partial charge in [-0.2, -0.15) is 13.2 Å². The van der Waals surface area contributed by atoms with E-state index in [1.54, 1.807) is 12.1 Å². The van der Waals surface area contributed by atoms with Crippen molar-refractivity contribution < 1.29 is 22.3 Å². The molecule has 0 unspecified atom stereocenters. The van der Waals surface area contributed by atoms with E-state index in [4.69, 9.17) is 22.1 Å². The number of alkyl halides is 3. The predicted molar refractivity (Wildman–Crippen MR) is 144 cm³/mol. The lowest BCUT2D eigenvalue weighted by atomic mass is 10.2. The van der Waals surface area contributed by atoms with Gasteiger partial charge < -0.3 is 30.2 Å². The van der Waals surface area contributed by atoms with E-state index in [1.807, 2.05) is 26.0 Å². The lowest BCUT2D eigenvalue weighted by Crippen LogP contribution is -2.29. The van der Waals surface area contributed by atoms with Gasteiger partial charge in [0.1, 0.15) is 23.5 Å². The summed E-state index contributed by atoms with van der Waals surface area (Å²) in [4.78, 5) is 16.7. The van der Waals surface area contributed by atoms with E-state index in [2.05, 4.69) is 25.2 Å². The monoisotopic (exact) mass is 566 g/mol. The average molecular weight is 567 g/mol. The van der Waals surface area contributed by atoms with Gasteiger partial charge in [-0.05, 0) is 38.4 Å². The summed E-state index contributed by atoms with van der Waals surface area (Å²) in [6.45, 7) is 0.121. The van der Waals surface area contributed by atoms with Gasteiger partial charge in [-0.15, -0.1) is 0 Å². The van der Waals surface area contributed by atoms with Crippen LogP contribution in [0, 0.1) is 5.82 Å². The van der Waals surface area contributed by atoms with Crippen LogP contribution < -0.4 is 20.7 Å². The minimum atomic E-state index is -4.61. The highest BCUT2D eigenvalue weighted by Crippen LogP contribution is 2.37. The second-order valence-electron chi connectivity index (χ2n) is 9.12. The molecule has 3 N–H and O–H groups in total. The Hall–Kier alpha value is -3.84. The van der Waals surface area contributed by atoms with Crippen LogP contribution in [-0.4, -0.2) is 71.9 Å². The number of rotatable bonds is 9. The van der Waals surface area contributed by atoms with Crippen LogP contribution in [0.1, 0.15) is 0 Å². The number of benzene rings is 2. The number of methoxy groups -OCH3 is 1. The van der Waals surface area contributed by atoms with Crippen LogP contribution in [0.15, 0.2) is 36.5 Å². The number of imidazole rings is 1. The van der Waals surface area contributed by atoms with Crippen LogP contribution in [-0.2, 0) is 6.54 Å². The second kappa shape index (κ2) is 11.1. The van der Waals surface area contributed by atoms with Gasteiger partial charge in [-0.1, -0.05) is 11.6 Å². The summed E-state index contributed by atoms with van der Waals surface area (Å²) in [5.41, 5.74) is 7.66. The van der Waals surface area contributed by atoms with Gasteiger partial charge in [-0.3, -0.25) is 0 Å². The molecule has 2 aromatic heterocycles. The quantitative estimate of drug-likeness (QED) is 0.211. The van der Waals surface area contributed by atoms with E-state index in [9.17, 15) is 17.6 Å². The molecule has 0 fully saturated rings. The minimum Gasteiger partial charge on any atom is -0.494 e. The Balaban J connectivity index is 1.72. The van der Waals surface area contributed by atoms with Crippen LogP contribution in [0.4, 0.5) is 40.6 Å². The van der Waals surface area contributed by atoms with Crippen molar-refractivity contribution in [3.05, 3.63) is 47.4 Å². The summed E-state index contributed by atoms with van der Waals surface area (Å²) in [7, 11) is 7.36. The number of nitrogens with two attached hydrogens (primary N) is 1. The maximum Gasteiger partial charge on any atom is 0.406 e. The molecule has 2 aromatic carbocycles. The Morgan fingerprint density at radius 1 is 1.10 bits per heavy atom.